The number of nitrogens with zero attached hydrogens (tertiary/aromatic N) is 2. The van der Waals surface area contributed by atoms with E-state index in [-0.39, 0.29) is 51.4 Å². The summed E-state index contributed by atoms with van der Waals surface area (Å²) in [5.74, 6) is -3.63. The third-order valence-electron chi connectivity index (χ3n) is 5.50. The number of ether oxygens (including phenoxy) is 1. The molecule has 194 valence electrons. The summed E-state index contributed by atoms with van der Waals surface area (Å²) in [4.78, 5) is 15.2. The number of hydrogen-bond donors (Lipinski definition) is 1. The maximum atomic E-state index is 14.4. The number of aromatic nitrogens is 1. The van der Waals surface area contributed by atoms with Gasteiger partial charge in [0.05, 0.1) is 17.0 Å². The topological polar surface area (TPSA) is 96.8 Å². The van der Waals surface area contributed by atoms with Crippen molar-refractivity contribution in [2.75, 3.05) is 4.31 Å². The standard InChI is InChI=1S/C25H18F4N2O5S.Na.H/c1-15-20-5-3-2-4-18(20)13-30-23(15)31(37(34,35)19-9-7-17(8-10-19)24(32)33)14-16-6-11-22(21(26)12-16)36-25(27,28)29;;/h2-13H,14H2,1H3,(H,32,33);;. The minimum atomic E-state index is -5.11. The second-order valence-corrected chi connectivity index (χ2v) is 9.81. The molecule has 0 unspecified atom stereocenters. The van der Waals surface area contributed by atoms with Crippen molar-refractivity contribution in [2.45, 2.75) is 24.7 Å². The fraction of sp³-hybridized carbons (Fsp3) is 0.120. The first kappa shape index (κ1) is 29.4. The number of aryl methyl sites for hydroxylation is 1. The first-order valence-corrected chi connectivity index (χ1v) is 12.1. The molecule has 13 heteroatoms. The predicted molar refractivity (Wildman–Crippen MR) is 133 cm³/mol. The van der Waals surface area contributed by atoms with Gasteiger partial charge in [0.2, 0.25) is 0 Å². The molecule has 38 heavy (non-hydrogen) atoms. The summed E-state index contributed by atoms with van der Waals surface area (Å²) >= 11 is 0. The van der Waals surface area contributed by atoms with E-state index in [9.17, 15) is 30.8 Å². The van der Waals surface area contributed by atoms with E-state index < -0.39 is 40.5 Å². The van der Waals surface area contributed by atoms with Crippen molar-refractivity contribution in [3.8, 4) is 5.75 Å². The van der Waals surface area contributed by atoms with Gasteiger partial charge in [-0.1, -0.05) is 30.3 Å². The number of sulfonamides is 1. The number of carbonyl (C=O) groups is 1. The zero-order valence-electron chi connectivity index (χ0n) is 19.0. The van der Waals surface area contributed by atoms with Gasteiger partial charge in [0, 0.05) is 17.1 Å². The summed E-state index contributed by atoms with van der Waals surface area (Å²) in [5.41, 5.74) is 0.376. The Morgan fingerprint density at radius 2 is 1.71 bits per heavy atom. The van der Waals surface area contributed by atoms with Crippen LogP contribution >= 0.6 is 0 Å². The van der Waals surface area contributed by atoms with Crippen LogP contribution in [0.2, 0.25) is 0 Å². The maximum absolute atomic E-state index is 14.4. The molecule has 0 aliphatic carbocycles. The van der Waals surface area contributed by atoms with Crippen LogP contribution in [0.15, 0.2) is 77.8 Å². The van der Waals surface area contributed by atoms with E-state index in [4.69, 9.17) is 5.11 Å². The molecule has 7 nitrogen and oxygen atoms in total. The molecule has 0 aliphatic rings. The third-order valence-corrected chi connectivity index (χ3v) is 7.25. The molecule has 0 saturated carbocycles. The molecule has 0 fully saturated rings. The number of halogens is 4. The van der Waals surface area contributed by atoms with Crippen molar-refractivity contribution in [3.63, 3.8) is 0 Å². The second kappa shape index (κ2) is 11.3. The van der Waals surface area contributed by atoms with Gasteiger partial charge in [0.1, 0.15) is 5.82 Å². The first-order chi connectivity index (χ1) is 17.4. The molecule has 0 aliphatic heterocycles. The fourth-order valence-electron chi connectivity index (χ4n) is 3.74. The van der Waals surface area contributed by atoms with Gasteiger partial charge in [-0.2, -0.15) is 0 Å². The summed E-state index contributed by atoms with van der Waals surface area (Å²) < 4.78 is 83.9. The van der Waals surface area contributed by atoms with E-state index in [1.54, 1.807) is 31.2 Å². The van der Waals surface area contributed by atoms with Crippen molar-refractivity contribution in [2.24, 2.45) is 0 Å². The molecule has 0 spiro atoms. The first-order valence-electron chi connectivity index (χ1n) is 10.6. The Hall–Kier alpha value is -3.19. The number of pyridine rings is 1. The number of fused-ring (bicyclic) bond motifs is 1. The van der Waals surface area contributed by atoms with E-state index >= 15 is 0 Å². The van der Waals surface area contributed by atoms with Gasteiger partial charge in [-0.05, 0) is 54.3 Å². The van der Waals surface area contributed by atoms with E-state index in [2.05, 4.69) is 9.72 Å². The molecule has 4 rings (SSSR count). The number of anilines is 1. The third kappa shape index (κ3) is 6.26. The van der Waals surface area contributed by atoms with Gasteiger partial charge in [-0.3, -0.25) is 0 Å². The van der Waals surface area contributed by atoms with Crippen molar-refractivity contribution in [1.82, 2.24) is 4.98 Å². The minimum absolute atomic E-state index is 0. The number of carboxylic acid groups (broad SMARTS) is 1. The number of rotatable bonds is 7. The summed E-state index contributed by atoms with van der Waals surface area (Å²) in [5, 5.41) is 10.6. The van der Waals surface area contributed by atoms with E-state index in [0.717, 1.165) is 52.2 Å². The van der Waals surface area contributed by atoms with Crippen LogP contribution in [0, 0.1) is 12.7 Å². The van der Waals surface area contributed by atoms with Gasteiger partial charge < -0.3 is 9.84 Å². The van der Waals surface area contributed by atoms with Crippen LogP contribution in [-0.2, 0) is 16.6 Å². The molecule has 0 amide bonds. The molecule has 4 aromatic rings. The molecule has 1 N–H and O–H groups in total. The van der Waals surface area contributed by atoms with E-state index in [0.29, 0.717) is 10.9 Å². The van der Waals surface area contributed by atoms with Crippen LogP contribution in [0.1, 0.15) is 21.5 Å². The molecule has 0 atom stereocenters. The number of carboxylic acids is 1. The van der Waals surface area contributed by atoms with Crippen LogP contribution in [0.5, 0.6) is 5.75 Å². The van der Waals surface area contributed by atoms with Crippen molar-refractivity contribution < 1.29 is 40.6 Å². The zero-order valence-corrected chi connectivity index (χ0v) is 19.8. The van der Waals surface area contributed by atoms with Crippen LogP contribution in [-0.4, -0.2) is 60.4 Å². The monoisotopic (exact) mass is 558 g/mol. The molecule has 1 aromatic heterocycles. The van der Waals surface area contributed by atoms with Crippen LogP contribution in [0.4, 0.5) is 23.4 Å². The Morgan fingerprint density at radius 3 is 2.32 bits per heavy atom. The molecule has 0 radical (unpaired) electrons. The van der Waals surface area contributed by atoms with Gasteiger partial charge in [0.25, 0.3) is 10.0 Å². The predicted octanol–water partition coefficient (Wildman–Crippen LogP) is 5.03. The molecule has 0 bridgehead atoms. The van der Waals surface area contributed by atoms with Gasteiger partial charge in [0.15, 0.2) is 11.6 Å². The molecule has 3 aromatic carbocycles. The molecule has 1 heterocycles. The summed E-state index contributed by atoms with van der Waals surface area (Å²) in [7, 11) is -4.39. The average Bonchev–Trinajstić information content (AvgIpc) is 2.84. The van der Waals surface area contributed by atoms with Crippen molar-refractivity contribution in [3.05, 3.63) is 95.4 Å². The molecular formula is C25H19F4N2NaO5S. The Kier molecular flexibility index (Phi) is 8.72. The van der Waals surface area contributed by atoms with Gasteiger partial charge in [-0.15, -0.1) is 13.2 Å². The fourth-order valence-corrected chi connectivity index (χ4v) is 5.20. The van der Waals surface area contributed by atoms with Crippen LogP contribution in [0.3, 0.4) is 0 Å². The normalized spacial score (nSPS) is 11.6. The average molecular weight is 558 g/mol. The number of hydrogen-bond acceptors (Lipinski definition) is 5. The number of alkyl halides is 3. The summed E-state index contributed by atoms with van der Waals surface area (Å²) in [6.07, 6.45) is -3.64. The molecule has 0 saturated heterocycles. The Bertz CT molecular complexity index is 1600. The number of aromatic carboxylic acids is 1. The van der Waals surface area contributed by atoms with Crippen LogP contribution in [0.25, 0.3) is 10.8 Å². The SMILES string of the molecule is Cc1c(N(Cc2ccc(OC(F)(F)F)c(F)c2)S(=O)(=O)c2ccc(C(=O)O)cc2)ncc2ccccc12.[NaH]. The van der Waals surface area contributed by atoms with Gasteiger partial charge >= 0.3 is 41.9 Å². The summed E-state index contributed by atoms with van der Waals surface area (Å²) in [6, 6.07) is 14.2. The van der Waals surface area contributed by atoms with Crippen molar-refractivity contribution in [1.29, 1.82) is 0 Å². The summed E-state index contributed by atoms with van der Waals surface area (Å²) in [6.45, 7) is 1.17. The van der Waals surface area contributed by atoms with Gasteiger partial charge in [-0.25, -0.2) is 26.9 Å². The van der Waals surface area contributed by atoms with E-state index in [1.807, 2.05) is 0 Å². The number of benzene rings is 3. The second-order valence-electron chi connectivity index (χ2n) is 7.95. The Balaban J connectivity index is 0.00000400. The molecular weight excluding hydrogens is 539 g/mol. The van der Waals surface area contributed by atoms with Crippen molar-refractivity contribution >= 4 is 62.1 Å². The van der Waals surface area contributed by atoms with E-state index in [1.165, 1.54) is 6.20 Å². The Morgan fingerprint density at radius 1 is 1.05 bits per heavy atom. The van der Waals surface area contributed by atoms with Crippen LogP contribution < -0.4 is 9.04 Å². The zero-order chi connectivity index (χ0) is 27.0. The Labute approximate surface area is 237 Å². The quantitative estimate of drug-likeness (QED) is 0.253.